The Morgan fingerprint density at radius 1 is 1.56 bits per heavy atom. The van der Waals surface area contributed by atoms with Crippen LogP contribution < -0.4 is 0 Å². The van der Waals surface area contributed by atoms with Crippen molar-refractivity contribution in [2.75, 3.05) is 0 Å². The van der Waals surface area contributed by atoms with Crippen LogP contribution in [0.1, 0.15) is 20.8 Å². The predicted octanol–water partition coefficient (Wildman–Crippen LogP) is 1.97. The Morgan fingerprint density at radius 3 is 2.11 bits per heavy atom. The summed E-state index contributed by atoms with van der Waals surface area (Å²) in [6.07, 6.45) is 0. The monoisotopic (exact) mass is 144 g/mol. The van der Waals surface area contributed by atoms with Gasteiger partial charge < -0.3 is 0 Å². The number of amidine groups is 1. The van der Waals surface area contributed by atoms with Crippen LogP contribution in [-0.2, 0) is 0 Å². The smallest absolute Gasteiger partial charge is 0.123 e. The minimum absolute atomic E-state index is 0.201. The van der Waals surface area contributed by atoms with E-state index in [1.165, 1.54) is 0 Å². The molecule has 0 aromatic carbocycles. The van der Waals surface area contributed by atoms with Gasteiger partial charge in [-0.3, -0.25) is 5.41 Å². The van der Waals surface area contributed by atoms with E-state index in [0.29, 0.717) is 10.9 Å². The van der Waals surface area contributed by atoms with E-state index in [1.54, 1.807) is 6.92 Å². The van der Waals surface area contributed by atoms with Crippen molar-refractivity contribution in [3.63, 3.8) is 0 Å². The maximum absolute atomic E-state index is 7.24. The first-order valence-corrected chi connectivity index (χ1v) is 3.31. The van der Waals surface area contributed by atoms with Crippen molar-refractivity contribution < 1.29 is 0 Å². The number of hydrogen-bond acceptors (Lipinski definition) is 1. The van der Waals surface area contributed by atoms with Crippen LogP contribution in [0.2, 0.25) is 0 Å². The summed E-state index contributed by atoms with van der Waals surface area (Å²) in [4.78, 5) is 3.84. The van der Waals surface area contributed by atoms with E-state index >= 15 is 0 Å². The highest BCUT2D eigenvalue weighted by molar-refractivity contribution is 7.96. The Labute approximate surface area is 61.3 Å². The Bertz CT molecular complexity index is 134. The standard InChI is InChI=1S/C6H12N2S/c1-4(2)6(7)8-5(3)9/h4H,1-3H3,(H2,7,8,9). The average molecular weight is 144 g/mol. The van der Waals surface area contributed by atoms with Crippen LogP contribution >= 0.6 is 12.6 Å². The van der Waals surface area contributed by atoms with Crippen molar-refractivity contribution >= 4 is 23.5 Å². The van der Waals surface area contributed by atoms with E-state index in [1.807, 2.05) is 13.8 Å². The van der Waals surface area contributed by atoms with Crippen molar-refractivity contribution in [2.24, 2.45) is 10.9 Å². The molecule has 9 heavy (non-hydrogen) atoms. The molecule has 0 spiro atoms. The summed E-state index contributed by atoms with van der Waals surface area (Å²) < 4.78 is 0. The molecular formula is C6H12N2S. The highest BCUT2D eigenvalue weighted by Gasteiger charge is 1.98. The Balaban J connectivity index is 3.93. The Morgan fingerprint density at radius 2 is 2.00 bits per heavy atom. The molecule has 0 radical (unpaired) electrons. The maximum atomic E-state index is 7.24. The third-order valence-electron chi connectivity index (χ3n) is 0.829. The molecule has 0 unspecified atom stereocenters. The molecule has 0 saturated heterocycles. The van der Waals surface area contributed by atoms with Crippen molar-refractivity contribution in [3.8, 4) is 0 Å². The zero-order chi connectivity index (χ0) is 7.44. The lowest BCUT2D eigenvalue weighted by atomic mass is 10.2. The van der Waals surface area contributed by atoms with Crippen molar-refractivity contribution in [3.05, 3.63) is 0 Å². The first-order valence-electron chi connectivity index (χ1n) is 2.86. The highest BCUT2D eigenvalue weighted by atomic mass is 32.1. The molecular weight excluding hydrogens is 132 g/mol. The topological polar surface area (TPSA) is 36.2 Å². The van der Waals surface area contributed by atoms with Crippen LogP contribution in [-0.4, -0.2) is 10.9 Å². The van der Waals surface area contributed by atoms with Crippen LogP contribution in [0.4, 0.5) is 0 Å². The van der Waals surface area contributed by atoms with Crippen LogP contribution in [0.25, 0.3) is 0 Å². The largest absolute Gasteiger partial charge is 0.286 e. The zero-order valence-corrected chi connectivity index (χ0v) is 6.87. The van der Waals surface area contributed by atoms with E-state index < -0.39 is 0 Å². The van der Waals surface area contributed by atoms with Crippen LogP contribution in [0.3, 0.4) is 0 Å². The van der Waals surface area contributed by atoms with Gasteiger partial charge in [-0.05, 0) is 6.92 Å². The Hall–Kier alpha value is -0.310. The molecule has 3 heteroatoms. The molecule has 0 fully saturated rings. The normalized spacial score (nSPS) is 12.3. The number of nitrogens with zero attached hydrogens (tertiary/aromatic N) is 1. The first kappa shape index (κ1) is 8.69. The van der Waals surface area contributed by atoms with Crippen LogP contribution in [0.5, 0.6) is 0 Å². The van der Waals surface area contributed by atoms with Crippen LogP contribution in [0, 0.1) is 11.3 Å². The number of nitrogens with one attached hydrogen (secondary N) is 1. The molecule has 0 bridgehead atoms. The predicted molar refractivity (Wildman–Crippen MR) is 44.7 cm³/mol. The van der Waals surface area contributed by atoms with Gasteiger partial charge in [0.25, 0.3) is 0 Å². The van der Waals surface area contributed by atoms with Gasteiger partial charge in [-0.25, -0.2) is 4.99 Å². The van der Waals surface area contributed by atoms with Gasteiger partial charge >= 0.3 is 0 Å². The molecule has 0 aliphatic carbocycles. The molecule has 0 heterocycles. The third kappa shape index (κ3) is 4.21. The molecule has 0 saturated carbocycles. The quantitative estimate of drug-likeness (QED) is 0.321. The molecule has 52 valence electrons. The molecule has 0 rings (SSSR count). The Kier molecular flexibility index (Phi) is 3.54. The fourth-order valence-corrected chi connectivity index (χ4v) is 0.411. The SMILES string of the molecule is C/C(S)=N/C(=N)C(C)C. The molecule has 1 N–H and O–H groups in total. The van der Waals surface area contributed by atoms with Gasteiger partial charge in [-0.15, -0.1) is 12.6 Å². The fraction of sp³-hybridized carbons (Fsp3) is 0.667. The zero-order valence-electron chi connectivity index (χ0n) is 5.97. The second-order valence-electron chi connectivity index (χ2n) is 2.20. The number of hydrogen-bond donors (Lipinski definition) is 2. The summed E-state index contributed by atoms with van der Waals surface area (Å²) >= 11 is 3.94. The second-order valence-corrected chi connectivity index (χ2v) is 2.85. The lowest BCUT2D eigenvalue weighted by Crippen LogP contribution is -2.02. The average Bonchev–Trinajstić information content (AvgIpc) is 1.63. The first-order chi connectivity index (χ1) is 4.04. The highest BCUT2D eigenvalue weighted by Crippen LogP contribution is 1.97. The summed E-state index contributed by atoms with van der Waals surface area (Å²) in [6.45, 7) is 5.63. The molecule has 0 aromatic rings. The number of thiol groups is 1. The van der Waals surface area contributed by atoms with E-state index in [2.05, 4.69) is 17.6 Å². The molecule has 0 aromatic heterocycles. The summed E-state index contributed by atoms with van der Waals surface area (Å²) in [6, 6.07) is 0. The van der Waals surface area contributed by atoms with E-state index in [4.69, 9.17) is 5.41 Å². The lowest BCUT2D eigenvalue weighted by Gasteiger charge is -1.99. The molecule has 0 aliphatic rings. The van der Waals surface area contributed by atoms with Crippen molar-refractivity contribution in [1.29, 1.82) is 5.41 Å². The summed E-state index contributed by atoms with van der Waals surface area (Å²) in [5.74, 6) is 0.592. The lowest BCUT2D eigenvalue weighted by molar-refractivity contribution is 0.865. The maximum Gasteiger partial charge on any atom is 0.123 e. The van der Waals surface area contributed by atoms with Gasteiger partial charge in [-0.2, -0.15) is 0 Å². The van der Waals surface area contributed by atoms with Crippen LogP contribution in [0.15, 0.2) is 4.99 Å². The molecule has 0 aliphatic heterocycles. The summed E-state index contributed by atoms with van der Waals surface area (Å²) in [7, 11) is 0. The second kappa shape index (κ2) is 3.67. The summed E-state index contributed by atoms with van der Waals surface area (Å²) in [5.41, 5.74) is 0. The van der Waals surface area contributed by atoms with E-state index in [0.717, 1.165) is 0 Å². The fourth-order valence-electron chi connectivity index (χ4n) is 0.303. The van der Waals surface area contributed by atoms with Gasteiger partial charge in [0.05, 0.1) is 5.04 Å². The van der Waals surface area contributed by atoms with Gasteiger partial charge in [0.2, 0.25) is 0 Å². The van der Waals surface area contributed by atoms with Gasteiger partial charge in [-0.1, -0.05) is 13.8 Å². The molecule has 2 nitrogen and oxygen atoms in total. The van der Waals surface area contributed by atoms with Gasteiger partial charge in [0, 0.05) is 5.92 Å². The summed E-state index contributed by atoms with van der Waals surface area (Å²) in [5, 5.41) is 7.88. The number of aliphatic imine (C=N–C) groups is 1. The minimum atomic E-state index is 0.201. The van der Waals surface area contributed by atoms with Gasteiger partial charge in [0.1, 0.15) is 5.84 Å². The molecule has 0 amide bonds. The van der Waals surface area contributed by atoms with Gasteiger partial charge in [0.15, 0.2) is 0 Å². The van der Waals surface area contributed by atoms with E-state index in [-0.39, 0.29) is 5.92 Å². The third-order valence-corrected chi connectivity index (χ3v) is 0.929. The van der Waals surface area contributed by atoms with E-state index in [9.17, 15) is 0 Å². The minimum Gasteiger partial charge on any atom is -0.286 e. The molecule has 0 atom stereocenters. The number of rotatable bonds is 1. The van der Waals surface area contributed by atoms with Crippen molar-refractivity contribution in [2.45, 2.75) is 20.8 Å². The van der Waals surface area contributed by atoms with Crippen molar-refractivity contribution in [1.82, 2.24) is 0 Å².